The van der Waals surface area contributed by atoms with Gasteiger partial charge in [0, 0.05) is 12.8 Å². The highest BCUT2D eigenvalue weighted by molar-refractivity contribution is 7.93. The number of carbonyl (C=O) groups excluding carboxylic acids is 3. The first-order valence-corrected chi connectivity index (χ1v) is 11.6. The number of hydrogen-bond donors (Lipinski definition) is 1. The molecule has 2 aliphatic heterocycles. The zero-order valence-corrected chi connectivity index (χ0v) is 18.1. The van der Waals surface area contributed by atoms with Crippen LogP contribution in [0.1, 0.15) is 71.6 Å². The maximum atomic E-state index is 12.5. The van der Waals surface area contributed by atoms with Gasteiger partial charge in [-0.2, -0.15) is 0 Å². The van der Waals surface area contributed by atoms with Crippen molar-refractivity contribution >= 4 is 33.7 Å². The van der Waals surface area contributed by atoms with Crippen LogP contribution in [0.2, 0.25) is 0 Å². The second-order valence-corrected chi connectivity index (χ2v) is 10.8. The summed E-state index contributed by atoms with van der Waals surface area (Å²) in [5.41, 5.74) is 0. The van der Waals surface area contributed by atoms with Gasteiger partial charge in [-0.15, -0.1) is 0 Å². The Morgan fingerprint density at radius 3 is 2.17 bits per heavy atom. The lowest BCUT2D eigenvalue weighted by molar-refractivity contribution is -0.175. The van der Waals surface area contributed by atoms with E-state index in [4.69, 9.17) is 14.6 Å². The minimum atomic E-state index is -3.69. The highest BCUT2D eigenvalue weighted by Crippen LogP contribution is 2.45. The Kier molecular flexibility index (Phi) is 7.84. The number of nitrogens with zero attached hydrogens (tertiary/aromatic N) is 1. The Bertz CT molecular complexity index is 790. The molecule has 2 atom stereocenters. The number of carboxylic acids is 1. The molecule has 1 amide bonds. The minimum absolute atomic E-state index is 0.135. The van der Waals surface area contributed by atoms with Gasteiger partial charge in [-0.25, -0.2) is 13.2 Å². The first-order chi connectivity index (χ1) is 14.0. The number of carbonyl (C=O) groups is 4. The molecule has 0 unspecified atom stereocenters. The molecule has 2 fully saturated rings. The number of unbranched alkanes of at least 4 members (excludes halogenated alkanes) is 5. The van der Waals surface area contributed by atoms with Crippen LogP contribution < -0.4 is 0 Å². The number of ether oxygens (including phenoxy) is 2. The van der Waals surface area contributed by atoms with Gasteiger partial charge in [0.05, 0.1) is 11.2 Å². The molecule has 0 aromatic heterocycles. The fourth-order valence-corrected chi connectivity index (χ4v) is 5.89. The van der Waals surface area contributed by atoms with Gasteiger partial charge in [0.15, 0.2) is 9.84 Å². The monoisotopic (exact) mass is 447 g/mol. The van der Waals surface area contributed by atoms with E-state index in [-0.39, 0.29) is 19.3 Å². The molecule has 2 aliphatic rings. The van der Waals surface area contributed by atoms with E-state index in [1.807, 2.05) is 0 Å². The molecule has 170 valence electrons. The maximum absolute atomic E-state index is 12.5. The van der Waals surface area contributed by atoms with Crippen LogP contribution in [0.3, 0.4) is 0 Å². The third kappa shape index (κ3) is 5.11. The Hall–Kier alpha value is -2.17. The summed E-state index contributed by atoms with van der Waals surface area (Å²) in [6, 6.07) is -1.26. The van der Waals surface area contributed by atoms with Gasteiger partial charge in [-0.1, -0.05) is 25.7 Å². The Labute approximate surface area is 175 Å². The number of aliphatic carboxylic acids is 1. The third-order valence-electron chi connectivity index (χ3n) is 5.64. The fourth-order valence-electron chi connectivity index (χ4n) is 3.77. The van der Waals surface area contributed by atoms with Crippen LogP contribution in [0.15, 0.2) is 0 Å². The van der Waals surface area contributed by atoms with Crippen molar-refractivity contribution < 1.29 is 42.2 Å². The van der Waals surface area contributed by atoms with Crippen molar-refractivity contribution in [3.05, 3.63) is 0 Å². The number of sulfone groups is 1. The van der Waals surface area contributed by atoms with E-state index < -0.39 is 56.6 Å². The van der Waals surface area contributed by atoms with E-state index in [1.54, 1.807) is 0 Å². The lowest BCUT2D eigenvalue weighted by atomic mass is 9.98. The Balaban J connectivity index is 1.64. The summed E-state index contributed by atoms with van der Waals surface area (Å²) in [6.45, 7) is 2.13. The molecular weight excluding hydrogens is 418 g/mol. The second-order valence-electron chi connectivity index (χ2n) is 8.12. The van der Waals surface area contributed by atoms with Crippen LogP contribution in [0.4, 0.5) is 0 Å². The van der Waals surface area contributed by atoms with E-state index in [0.29, 0.717) is 12.8 Å². The van der Waals surface area contributed by atoms with Gasteiger partial charge >= 0.3 is 17.9 Å². The summed E-state index contributed by atoms with van der Waals surface area (Å²) in [5.74, 6) is -2.66. The number of fused-ring (bicyclic) bond motifs is 1. The minimum Gasteiger partial charge on any atom is -0.481 e. The fraction of sp³-hybridized carbons (Fsp3) is 0.789. The molecular formula is C19H29NO9S. The summed E-state index contributed by atoms with van der Waals surface area (Å²) in [5, 5.41) is 7.55. The summed E-state index contributed by atoms with van der Waals surface area (Å²) < 4.78 is 33.3. The molecule has 11 heteroatoms. The van der Waals surface area contributed by atoms with Crippen LogP contribution in [0.5, 0.6) is 0 Å². The lowest BCUT2D eigenvalue weighted by Crippen LogP contribution is -2.57. The van der Waals surface area contributed by atoms with Crippen molar-refractivity contribution in [1.29, 1.82) is 0 Å². The van der Waals surface area contributed by atoms with E-state index in [0.717, 1.165) is 30.6 Å². The van der Waals surface area contributed by atoms with Gasteiger partial charge < -0.3 is 19.5 Å². The van der Waals surface area contributed by atoms with Crippen LogP contribution in [0.25, 0.3) is 0 Å². The van der Waals surface area contributed by atoms with Crippen LogP contribution in [-0.2, 0) is 38.5 Å². The summed E-state index contributed by atoms with van der Waals surface area (Å²) in [4.78, 5) is 47.3. The van der Waals surface area contributed by atoms with E-state index >= 15 is 0 Å². The first kappa shape index (κ1) is 24.1. The summed E-state index contributed by atoms with van der Waals surface area (Å²) in [7, 11) is -3.69. The molecule has 2 rings (SSSR count). The molecule has 0 spiro atoms. The largest absolute Gasteiger partial charge is 0.481 e. The number of amides is 1. The zero-order valence-electron chi connectivity index (χ0n) is 17.3. The average Bonchev–Trinajstić information content (AvgIpc) is 2.77. The number of carboxylic acid groups (broad SMARTS) is 1. The van der Waals surface area contributed by atoms with Crippen molar-refractivity contribution in [2.75, 3.05) is 6.79 Å². The van der Waals surface area contributed by atoms with E-state index in [2.05, 4.69) is 0 Å². The number of rotatable bonds is 12. The molecule has 0 aromatic rings. The van der Waals surface area contributed by atoms with E-state index in [1.165, 1.54) is 13.8 Å². The van der Waals surface area contributed by atoms with E-state index in [9.17, 15) is 27.6 Å². The smallest absolute Gasteiger partial charge is 0.333 e. The molecule has 2 heterocycles. The predicted molar refractivity (Wildman–Crippen MR) is 104 cm³/mol. The molecule has 0 aliphatic carbocycles. The number of hydrogen-bond acceptors (Lipinski definition) is 8. The molecule has 1 N–H and O–H groups in total. The second kappa shape index (κ2) is 9.76. The molecule has 0 aromatic carbocycles. The molecule has 30 heavy (non-hydrogen) atoms. The van der Waals surface area contributed by atoms with Gasteiger partial charge in [0.1, 0.15) is 11.4 Å². The molecule has 10 nitrogen and oxygen atoms in total. The number of β-lactam (4-membered cyclic amide) rings is 1. The summed E-state index contributed by atoms with van der Waals surface area (Å²) in [6.07, 6.45) is 4.85. The number of esters is 2. The summed E-state index contributed by atoms with van der Waals surface area (Å²) >= 11 is 0. The molecule has 0 saturated carbocycles. The van der Waals surface area contributed by atoms with Crippen molar-refractivity contribution in [1.82, 2.24) is 4.90 Å². The zero-order chi connectivity index (χ0) is 22.5. The van der Waals surface area contributed by atoms with Gasteiger partial charge in [0.2, 0.25) is 12.7 Å². The highest BCUT2D eigenvalue weighted by Gasteiger charge is 2.68. The van der Waals surface area contributed by atoms with Crippen LogP contribution >= 0.6 is 0 Å². The van der Waals surface area contributed by atoms with Crippen LogP contribution in [-0.4, -0.2) is 65.2 Å². The normalized spacial score (nSPS) is 23.4. The lowest BCUT2D eigenvalue weighted by Gasteiger charge is -2.36. The Morgan fingerprint density at radius 2 is 1.60 bits per heavy atom. The SMILES string of the molecule is CC1(C)[C@H](C(=O)OCOC(=O)CCCCCCCCC(=O)O)N2C(=O)C[C@H]2S1(=O)=O. The molecule has 2 saturated heterocycles. The predicted octanol–water partition coefficient (Wildman–Crippen LogP) is 1.37. The average molecular weight is 448 g/mol. The van der Waals surface area contributed by atoms with Crippen molar-refractivity contribution in [2.24, 2.45) is 0 Å². The molecule has 0 bridgehead atoms. The third-order valence-corrected chi connectivity index (χ3v) is 8.44. The van der Waals surface area contributed by atoms with Gasteiger partial charge in [0.25, 0.3) is 0 Å². The van der Waals surface area contributed by atoms with Gasteiger partial charge in [-0.3, -0.25) is 14.4 Å². The first-order valence-electron chi connectivity index (χ1n) is 10.1. The Morgan fingerprint density at radius 1 is 1.03 bits per heavy atom. The quantitative estimate of drug-likeness (QED) is 0.203. The topological polar surface area (TPSA) is 144 Å². The highest BCUT2D eigenvalue weighted by atomic mass is 32.2. The van der Waals surface area contributed by atoms with Crippen molar-refractivity contribution in [3.63, 3.8) is 0 Å². The van der Waals surface area contributed by atoms with Crippen molar-refractivity contribution in [2.45, 2.75) is 87.8 Å². The maximum Gasteiger partial charge on any atom is 0.333 e. The molecule has 0 radical (unpaired) electrons. The van der Waals surface area contributed by atoms with Crippen LogP contribution in [0, 0.1) is 0 Å². The standard InChI is InChI=1S/C19H29NO9S/c1-19(2)17(20-13(21)11-14(20)30(19,26)27)18(25)29-12-28-16(24)10-8-6-4-3-5-7-9-15(22)23/h14,17H,3-12H2,1-2H3,(H,22,23)/t14-,17+/m1/s1. The van der Waals surface area contributed by atoms with Crippen molar-refractivity contribution in [3.8, 4) is 0 Å². The van der Waals surface area contributed by atoms with Gasteiger partial charge in [-0.05, 0) is 26.7 Å².